The maximum Gasteiger partial charge on any atom is 0.324 e. The Balaban J connectivity index is 1.92. The van der Waals surface area contributed by atoms with Crippen LogP contribution in [0.3, 0.4) is 0 Å². The number of piperidine rings is 1. The fourth-order valence-electron chi connectivity index (χ4n) is 2.18. The summed E-state index contributed by atoms with van der Waals surface area (Å²) >= 11 is 0. The maximum atomic E-state index is 11.4. The van der Waals surface area contributed by atoms with E-state index in [2.05, 4.69) is 10.6 Å². The van der Waals surface area contributed by atoms with Gasteiger partial charge in [0.25, 0.3) is 5.91 Å². The third-order valence-corrected chi connectivity index (χ3v) is 3.25. The van der Waals surface area contributed by atoms with Crippen LogP contribution in [0.1, 0.15) is 19.8 Å². The van der Waals surface area contributed by atoms with Crippen LogP contribution in [0.4, 0.5) is 4.79 Å². The molecule has 0 aliphatic carbocycles. The molecule has 3 amide bonds. The van der Waals surface area contributed by atoms with Crippen molar-refractivity contribution in [2.45, 2.75) is 25.8 Å². The van der Waals surface area contributed by atoms with Gasteiger partial charge in [0.05, 0.1) is 0 Å². The van der Waals surface area contributed by atoms with Gasteiger partial charge in [0.15, 0.2) is 0 Å². The van der Waals surface area contributed by atoms with E-state index >= 15 is 0 Å². The van der Waals surface area contributed by atoms with Crippen LogP contribution in [0, 0.1) is 5.92 Å². The van der Waals surface area contributed by atoms with Crippen LogP contribution >= 0.6 is 0 Å². The Kier molecular flexibility index (Phi) is 2.90. The van der Waals surface area contributed by atoms with Crippen LogP contribution in [0.5, 0.6) is 0 Å². The zero-order chi connectivity index (χ0) is 10.8. The van der Waals surface area contributed by atoms with Gasteiger partial charge < -0.3 is 10.2 Å². The van der Waals surface area contributed by atoms with Gasteiger partial charge in [0.1, 0.15) is 6.04 Å². The Hall–Kier alpha value is -1.10. The van der Waals surface area contributed by atoms with E-state index in [0.29, 0.717) is 12.5 Å². The molecule has 5 nitrogen and oxygen atoms in total. The monoisotopic (exact) mass is 211 g/mol. The highest BCUT2D eigenvalue weighted by molar-refractivity contribution is 6.03. The summed E-state index contributed by atoms with van der Waals surface area (Å²) < 4.78 is 0. The number of carbonyl (C=O) groups is 2. The van der Waals surface area contributed by atoms with Crippen LogP contribution < -0.4 is 10.6 Å². The zero-order valence-corrected chi connectivity index (χ0v) is 8.95. The van der Waals surface area contributed by atoms with Crippen molar-refractivity contribution < 1.29 is 9.59 Å². The molecule has 2 heterocycles. The van der Waals surface area contributed by atoms with Gasteiger partial charge in [-0.15, -0.1) is 0 Å². The summed E-state index contributed by atoms with van der Waals surface area (Å²) in [6, 6.07) is -0.529. The second-order valence-corrected chi connectivity index (χ2v) is 4.32. The van der Waals surface area contributed by atoms with Gasteiger partial charge in [0, 0.05) is 6.54 Å². The van der Waals surface area contributed by atoms with E-state index in [1.165, 1.54) is 0 Å². The Labute approximate surface area is 89.2 Å². The first-order valence-corrected chi connectivity index (χ1v) is 5.50. The summed E-state index contributed by atoms with van der Waals surface area (Å²) in [6.07, 6.45) is 2.18. The van der Waals surface area contributed by atoms with Crippen molar-refractivity contribution in [1.82, 2.24) is 15.5 Å². The van der Waals surface area contributed by atoms with E-state index in [4.69, 9.17) is 0 Å². The van der Waals surface area contributed by atoms with Crippen LogP contribution in [-0.4, -0.2) is 42.5 Å². The molecule has 2 saturated heterocycles. The Morgan fingerprint density at radius 2 is 2.00 bits per heavy atom. The van der Waals surface area contributed by atoms with Crippen LogP contribution in [0.25, 0.3) is 0 Å². The number of nitrogens with zero attached hydrogens (tertiary/aromatic N) is 1. The molecule has 1 unspecified atom stereocenters. The molecule has 84 valence electrons. The molecule has 0 aromatic rings. The lowest BCUT2D eigenvalue weighted by Gasteiger charge is -2.28. The zero-order valence-electron chi connectivity index (χ0n) is 8.95. The number of rotatable bonds is 2. The van der Waals surface area contributed by atoms with Gasteiger partial charge in [-0.05, 0) is 38.8 Å². The molecule has 0 bridgehead atoms. The fraction of sp³-hybridized carbons (Fsp3) is 0.800. The van der Waals surface area contributed by atoms with Crippen LogP contribution in [0.2, 0.25) is 0 Å². The maximum absolute atomic E-state index is 11.4. The number of amides is 3. The third-order valence-electron chi connectivity index (χ3n) is 3.25. The molecule has 15 heavy (non-hydrogen) atoms. The summed E-state index contributed by atoms with van der Waals surface area (Å²) in [7, 11) is 0. The summed E-state index contributed by atoms with van der Waals surface area (Å²) in [5, 5.41) is 5.62. The lowest BCUT2D eigenvalue weighted by Crippen LogP contribution is -2.40. The Morgan fingerprint density at radius 1 is 1.33 bits per heavy atom. The molecular weight excluding hydrogens is 194 g/mol. The minimum atomic E-state index is -0.299. The predicted octanol–water partition coefficient (Wildman–Crippen LogP) is -0.0737. The standard InChI is InChI=1S/C10H17N3O2/c1-7-9(14)12-10(15)13(7)6-8-2-4-11-5-3-8/h7-8,11H,2-6H2,1H3,(H,12,14,15). The molecule has 1 atom stereocenters. The number of imide groups is 1. The summed E-state index contributed by atoms with van der Waals surface area (Å²) in [6.45, 7) is 4.52. The Morgan fingerprint density at radius 3 is 2.53 bits per heavy atom. The summed E-state index contributed by atoms with van der Waals surface area (Å²) in [5.41, 5.74) is 0. The molecule has 2 aliphatic rings. The number of urea groups is 1. The molecule has 0 spiro atoms. The topological polar surface area (TPSA) is 61.4 Å². The van der Waals surface area contributed by atoms with Crippen molar-refractivity contribution >= 4 is 11.9 Å². The number of hydrogen-bond donors (Lipinski definition) is 2. The largest absolute Gasteiger partial charge is 0.324 e. The van der Waals surface area contributed by atoms with Crippen molar-refractivity contribution in [3.05, 3.63) is 0 Å². The van der Waals surface area contributed by atoms with Gasteiger partial charge in [0.2, 0.25) is 0 Å². The van der Waals surface area contributed by atoms with E-state index in [-0.39, 0.29) is 18.0 Å². The highest BCUT2D eigenvalue weighted by atomic mass is 16.2. The van der Waals surface area contributed by atoms with E-state index in [0.717, 1.165) is 25.9 Å². The van der Waals surface area contributed by atoms with E-state index in [1.54, 1.807) is 11.8 Å². The van der Waals surface area contributed by atoms with E-state index < -0.39 is 0 Å². The smallest absolute Gasteiger partial charge is 0.317 e. The van der Waals surface area contributed by atoms with Crippen LogP contribution in [0.15, 0.2) is 0 Å². The third kappa shape index (κ3) is 2.12. The Bertz CT molecular complexity index is 274. The van der Waals surface area contributed by atoms with E-state index in [1.807, 2.05) is 0 Å². The second kappa shape index (κ2) is 4.18. The highest BCUT2D eigenvalue weighted by Gasteiger charge is 2.35. The molecule has 2 N–H and O–H groups in total. The molecular formula is C10H17N3O2. The lowest BCUT2D eigenvalue weighted by molar-refractivity contribution is -0.121. The lowest BCUT2D eigenvalue weighted by atomic mass is 9.97. The number of hydrogen-bond acceptors (Lipinski definition) is 3. The number of carbonyl (C=O) groups excluding carboxylic acids is 2. The SMILES string of the molecule is CC1C(=O)NC(=O)N1CC1CCNCC1. The first kappa shape index (κ1) is 10.4. The first-order valence-electron chi connectivity index (χ1n) is 5.50. The van der Waals surface area contributed by atoms with Crippen molar-refractivity contribution in [3.63, 3.8) is 0 Å². The van der Waals surface area contributed by atoms with Crippen molar-refractivity contribution in [3.8, 4) is 0 Å². The molecule has 0 aromatic heterocycles. The normalized spacial score (nSPS) is 28.3. The molecule has 0 radical (unpaired) electrons. The van der Waals surface area contributed by atoms with Crippen molar-refractivity contribution in [2.24, 2.45) is 5.92 Å². The van der Waals surface area contributed by atoms with Gasteiger partial charge in [-0.2, -0.15) is 0 Å². The molecule has 0 saturated carbocycles. The molecule has 5 heteroatoms. The van der Waals surface area contributed by atoms with Crippen molar-refractivity contribution in [1.29, 1.82) is 0 Å². The average molecular weight is 211 g/mol. The molecule has 2 fully saturated rings. The molecule has 2 rings (SSSR count). The van der Waals surface area contributed by atoms with Gasteiger partial charge in [-0.1, -0.05) is 0 Å². The average Bonchev–Trinajstić information content (AvgIpc) is 2.47. The van der Waals surface area contributed by atoms with Gasteiger partial charge in [-0.25, -0.2) is 4.79 Å². The summed E-state index contributed by atoms with van der Waals surface area (Å²) in [5.74, 6) is 0.360. The first-order chi connectivity index (χ1) is 7.18. The van der Waals surface area contributed by atoms with Crippen LogP contribution in [-0.2, 0) is 4.79 Å². The summed E-state index contributed by atoms with van der Waals surface area (Å²) in [4.78, 5) is 24.3. The minimum absolute atomic E-state index is 0.172. The second-order valence-electron chi connectivity index (χ2n) is 4.32. The fourth-order valence-corrected chi connectivity index (χ4v) is 2.18. The van der Waals surface area contributed by atoms with E-state index in [9.17, 15) is 9.59 Å². The van der Waals surface area contributed by atoms with Gasteiger partial charge >= 0.3 is 6.03 Å². The quantitative estimate of drug-likeness (QED) is 0.628. The molecule has 2 aliphatic heterocycles. The van der Waals surface area contributed by atoms with Crippen molar-refractivity contribution in [2.75, 3.05) is 19.6 Å². The molecule has 0 aromatic carbocycles. The number of nitrogens with one attached hydrogen (secondary N) is 2. The van der Waals surface area contributed by atoms with Gasteiger partial charge in [-0.3, -0.25) is 10.1 Å². The minimum Gasteiger partial charge on any atom is -0.317 e. The highest BCUT2D eigenvalue weighted by Crippen LogP contribution is 2.17. The predicted molar refractivity (Wildman–Crippen MR) is 55.3 cm³/mol.